The Morgan fingerprint density at radius 2 is 1.92 bits per heavy atom. The summed E-state index contributed by atoms with van der Waals surface area (Å²) in [4.78, 5) is 23.4. The van der Waals surface area contributed by atoms with E-state index in [-0.39, 0.29) is 12.5 Å². The van der Waals surface area contributed by atoms with E-state index in [4.69, 9.17) is 9.47 Å². The molecule has 0 heterocycles. The second-order valence-electron chi connectivity index (χ2n) is 5.74. The Labute approximate surface area is 153 Å². The number of rotatable bonds is 8. The van der Waals surface area contributed by atoms with Crippen molar-refractivity contribution in [1.29, 1.82) is 0 Å². The van der Waals surface area contributed by atoms with Crippen LogP contribution in [0, 0.1) is 6.92 Å². The molecule has 0 aliphatic rings. The van der Waals surface area contributed by atoms with Crippen molar-refractivity contribution in [1.82, 2.24) is 5.32 Å². The number of benzene rings is 2. The van der Waals surface area contributed by atoms with Gasteiger partial charge in [-0.2, -0.15) is 0 Å². The lowest BCUT2D eigenvalue weighted by atomic mass is 10.1. The van der Waals surface area contributed by atoms with Crippen LogP contribution in [-0.4, -0.2) is 32.1 Å². The molecule has 26 heavy (non-hydrogen) atoms. The van der Waals surface area contributed by atoms with Gasteiger partial charge >= 0.3 is 5.97 Å². The Bertz CT molecular complexity index is 783. The number of ether oxygens (including phenoxy) is 2. The summed E-state index contributed by atoms with van der Waals surface area (Å²) in [5, 5.41) is 2.75. The van der Waals surface area contributed by atoms with Crippen LogP contribution in [0.4, 0.5) is 0 Å². The molecule has 0 atom stereocenters. The number of esters is 1. The van der Waals surface area contributed by atoms with Crippen molar-refractivity contribution < 1.29 is 19.1 Å². The average Bonchev–Trinajstić information content (AvgIpc) is 2.66. The van der Waals surface area contributed by atoms with Crippen LogP contribution < -0.4 is 10.1 Å². The molecule has 0 saturated carbocycles. The summed E-state index contributed by atoms with van der Waals surface area (Å²) >= 11 is 0. The molecule has 5 heteroatoms. The van der Waals surface area contributed by atoms with Crippen LogP contribution >= 0.6 is 0 Å². The van der Waals surface area contributed by atoms with Crippen molar-refractivity contribution >= 4 is 18.0 Å². The first-order chi connectivity index (χ1) is 12.6. The molecule has 2 aromatic rings. The van der Waals surface area contributed by atoms with Gasteiger partial charge in [-0.25, -0.2) is 4.79 Å². The second-order valence-corrected chi connectivity index (χ2v) is 5.74. The van der Waals surface area contributed by atoms with Gasteiger partial charge in [0.1, 0.15) is 5.75 Å². The van der Waals surface area contributed by atoms with Crippen LogP contribution in [0.25, 0.3) is 6.08 Å². The van der Waals surface area contributed by atoms with Crippen molar-refractivity contribution in [2.45, 2.75) is 13.3 Å². The summed E-state index contributed by atoms with van der Waals surface area (Å²) in [5.41, 5.74) is 3.19. The maximum absolute atomic E-state index is 11.8. The molecule has 0 bridgehead atoms. The molecule has 5 nitrogen and oxygen atoms in total. The van der Waals surface area contributed by atoms with Gasteiger partial charge in [-0.1, -0.05) is 36.4 Å². The molecular formula is C21H23NO4. The molecule has 0 aliphatic heterocycles. The highest BCUT2D eigenvalue weighted by molar-refractivity contribution is 5.89. The third-order valence-electron chi connectivity index (χ3n) is 3.83. The number of carbonyl (C=O) groups excluding carboxylic acids is 2. The average molecular weight is 353 g/mol. The molecule has 1 amide bonds. The van der Waals surface area contributed by atoms with E-state index >= 15 is 0 Å². The van der Waals surface area contributed by atoms with E-state index in [0.717, 1.165) is 12.0 Å². The van der Waals surface area contributed by atoms with E-state index in [0.29, 0.717) is 12.3 Å². The number of methoxy groups -OCH3 is 1. The minimum atomic E-state index is -0.568. The Morgan fingerprint density at radius 1 is 1.12 bits per heavy atom. The lowest BCUT2D eigenvalue weighted by Gasteiger charge is -2.07. The third kappa shape index (κ3) is 6.43. The highest BCUT2D eigenvalue weighted by Gasteiger charge is 2.05. The van der Waals surface area contributed by atoms with E-state index in [1.807, 2.05) is 49.4 Å². The summed E-state index contributed by atoms with van der Waals surface area (Å²) in [6, 6.07) is 15.3. The zero-order valence-corrected chi connectivity index (χ0v) is 15.0. The highest BCUT2D eigenvalue weighted by atomic mass is 16.5. The molecule has 0 aliphatic carbocycles. The normalized spacial score (nSPS) is 10.5. The first-order valence-electron chi connectivity index (χ1n) is 8.38. The smallest absolute Gasteiger partial charge is 0.331 e. The van der Waals surface area contributed by atoms with Gasteiger partial charge in [0.15, 0.2) is 6.61 Å². The number of nitrogens with one attached hydrogen (secondary N) is 1. The van der Waals surface area contributed by atoms with E-state index in [2.05, 4.69) is 5.32 Å². The maximum atomic E-state index is 11.8. The molecule has 1 N–H and O–H groups in total. The molecule has 2 rings (SSSR count). The minimum absolute atomic E-state index is 0.297. The topological polar surface area (TPSA) is 64.6 Å². The van der Waals surface area contributed by atoms with Crippen LogP contribution in [0.3, 0.4) is 0 Å². The number of carbonyl (C=O) groups is 2. The zero-order chi connectivity index (χ0) is 18.8. The lowest BCUT2D eigenvalue weighted by Crippen LogP contribution is -2.30. The van der Waals surface area contributed by atoms with Gasteiger partial charge in [0.25, 0.3) is 5.91 Å². The van der Waals surface area contributed by atoms with Crippen molar-refractivity contribution in [3.05, 3.63) is 71.3 Å². The summed E-state index contributed by atoms with van der Waals surface area (Å²) in [6.45, 7) is 2.24. The van der Waals surface area contributed by atoms with Gasteiger partial charge < -0.3 is 14.8 Å². The van der Waals surface area contributed by atoms with Crippen molar-refractivity contribution in [3.63, 3.8) is 0 Å². The van der Waals surface area contributed by atoms with Gasteiger partial charge in [0.2, 0.25) is 0 Å². The Hall–Kier alpha value is -3.08. The second kappa shape index (κ2) is 10.0. The third-order valence-corrected chi connectivity index (χ3v) is 3.83. The summed E-state index contributed by atoms with van der Waals surface area (Å²) < 4.78 is 10.1. The van der Waals surface area contributed by atoms with E-state index in [1.165, 1.54) is 17.2 Å². The van der Waals surface area contributed by atoms with Gasteiger partial charge in [-0.15, -0.1) is 0 Å². The van der Waals surface area contributed by atoms with Crippen LogP contribution in [0.1, 0.15) is 16.7 Å². The maximum Gasteiger partial charge on any atom is 0.331 e. The fraction of sp³-hybridized carbons (Fsp3) is 0.238. The van der Waals surface area contributed by atoms with Crippen molar-refractivity contribution in [2.75, 3.05) is 20.3 Å². The Balaban J connectivity index is 1.70. The highest BCUT2D eigenvalue weighted by Crippen LogP contribution is 2.13. The predicted molar refractivity (Wildman–Crippen MR) is 101 cm³/mol. The molecule has 0 spiro atoms. The standard InChI is InChI=1S/C21H23NO4/c1-16-6-3-4-8-18(16)12-13-22-20(23)15-26-21(24)11-10-17-7-5-9-19(14-17)25-2/h3-11,14H,12-13,15H2,1-2H3,(H,22,23)/b11-10+. The molecule has 0 unspecified atom stereocenters. The number of hydrogen-bond acceptors (Lipinski definition) is 4. The largest absolute Gasteiger partial charge is 0.497 e. The number of aryl methyl sites for hydroxylation is 1. The quantitative estimate of drug-likeness (QED) is 0.585. The summed E-state index contributed by atoms with van der Waals surface area (Å²) in [6.07, 6.45) is 3.64. The first-order valence-corrected chi connectivity index (χ1v) is 8.38. The van der Waals surface area contributed by atoms with Gasteiger partial charge in [-0.3, -0.25) is 4.79 Å². The summed E-state index contributed by atoms with van der Waals surface area (Å²) in [5.74, 6) is -0.183. The number of hydrogen-bond donors (Lipinski definition) is 1. The molecule has 0 aromatic heterocycles. The van der Waals surface area contributed by atoms with Crippen molar-refractivity contribution in [3.8, 4) is 5.75 Å². The lowest BCUT2D eigenvalue weighted by molar-refractivity contribution is -0.143. The van der Waals surface area contributed by atoms with Gasteiger partial charge in [0, 0.05) is 12.6 Å². The predicted octanol–water partition coefficient (Wildman–Crippen LogP) is 2.92. The molecule has 0 saturated heterocycles. The van der Waals surface area contributed by atoms with E-state index < -0.39 is 5.97 Å². The van der Waals surface area contributed by atoms with Crippen molar-refractivity contribution in [2.24, 2.45) is 0 Å². The molecule has 136 valence electrons. The summed E-state index contributed by atoms with van der Waals surface area (Å²) in [7, 11) is 1.58. The van der Waals surface area contributed by atoms with Crippen LogP contribution in [0.15, 0.2) is 54.6 Å². The van der Waals surface area contributed by atoms with Crippen LogP contribution in [-0.2, 0) is 20.7 Å². The minimum Gasteiger partial charge on any atom is -0.497 e. The van der Waals surface area contributed by atoms with Gasteiger partial charge in [0.05, 0.1) is 7.11 Å². The van der Waals surface area contributed by atoms with Crippen LogP contribution in [0.2, 0.25) is 0 Å². The molecule has 2 aromatic carbocycles. The van der Waals surface area contributed by atoms with Gasteiger partial charge in [-0.05, 0) is 48.2 Å². The monoisotopic (exact) mass is 353 g/mol. The first kappa shape index (κ1) is 19.2. The Morgan fingerprint density at radius 3 is 2.69 bits per heavy atom. The SMILES string of the molecule is COc1cccc(/C=C/C(=O)OCC(=O)NCCc2ccccc2C)c1. The van der Waals surface area contributed by atoms with Crippen LogP contribution in [0.5, 0.6) is 5.75 Å². The molecule has 0 fully saturated rings. The number of amides is 1. The fourth-order valence-electron chi connectivity index (χ4n) is 2.37. The zero-order valence-electron chi connectivity index (χ0n) is 15.0. The van der Waals surface area contributed by atoms with E-state index in [9.17, 15) is 9.59 Å². The Kier molecular flexibility index (Phi) is 7.43. The molecular weight excluding hydrogens is 330 g/mol. The van der Waals surface area contributed by atoms with E-state index in [1.54, 1.807) is 19.3 Å². The fourth-order valence-corrected chi connectivity index (χ4v) is 2.37. The molecule has 0 radical (unpaired) electrons.